The van der Waals surface area contributed by atoms with Gasteiger partial charge in [-0.3, -0.25) is 4.79 Å². The van der Waals surface area contributed by atoms with Gasteiger partial charge in [-0.25, -0.2) is 0 Å². The minimum atomic E-state index is 0.0457. The number of thiophene rings is 1. The van der Waals surface area contributed by atoms with Crippen LogP contribution in [0.3, 0.4) is 0 Å². The smallest absolute Gasteiger partial charge is 0.258 e. The zero-order valence-corrected chi connectivity index (χ0v) is 12.0. The Morgan fingerprint density at radius 2 is 2.39 bits per heavy atom. The highest BCUT2D eigenvalue weighted by Crippen LogP contribution is 2.35. The standard InChI is InChI=1S/C13H12BrNO2S/c14-12-10(3-6-17-12)13(16)15-5-1-2-11(15)9-4-7-18-8-9/h3-4,6-8,11H,1-2,5H2. The first-order valence-corrected chi connectivity index (χ1v) is 7.57. The van der Waals surface area contributed by atoms with Gasteiger partial charge in [0.05, 0.1) is 17.9 Å². The molecule has 3 nitrogen and oxygen atoms in total. The third kappa shape index (κ3) is 2.01. The van der Waals surface area contributed by atoms with Gasteiger partial charge in [0.15, 0.2) is 4.67 Å². The molecule has 2 aromatic rings. The van der Waals surface area contributed by atoms with Gasteiger partial charge in [-0.2, -0.15) is 11.3 Å². The van der Waals surface area contributed by atoms with Gasteiger partial charge >= 0.3 is 0 Å². The van der Waals surface area contributed by atoms with Crippen LogP contribution in [0.1, 0.15) is 34.8 Å². The number of hydrogen-bond acceptors (Lipinski definition) is 3. The van der Waals surface area contributed by atoms with Gasteiger partial charge in [-0.1, -0.05) is 0 Å². The van der Waals surface area contributed by atoms with Gasteiger partial charge in [0.25, 0.3) is 5.91 Å². The fraction of sp³-hybridized carbons (Fsp3) is 0.308. The Morgan fingerprint density at radius 1 is 1.50 bits per heavy atom. The molecule has 3 rings (SSSR count). The van der Waals surface area contributed by atoms with E-state index in [9.17, 15) is 4.79 Å². The van der Waals surface area contributed by atoms with Gasteiger partial charge < -0.3 is 9.32 Å². The Morgan fingerprint density at radius 3 is 3.06 bits per heavy atom. The summed E-state index contributed by atoms with van der Waals surface area (Å²) in [5, 5.41) is 4.19. The molecule has 1 amide bonds. The zero-order chi connectivity index (χ0) is 12.5. The summed E-state index contributed by atoms with van der Waals surface area (Å²) in [6, 6.07) is 4.03. The predicted octanol–water partition coefficient (Wildman–Crippen LogP) is 4.08. The Balaban J connectivity index is 1.88. The van der Waals surface area contributed by atoms with Crippen LogP contribution in [0.4, 0.5) is 0 Å². The SMILES string of the molecule is O=C(c1ccoc1Br)N1CCCC1c1ccsc1. The third-order valence-electron chi connectivity index (χ3n) is 3.29. The topological polar surface area (TPSA) is 33.5 Å². The lowest BCUT2D eigenvalue weighted by molar-refractivity contribution is 0.0734. The van der Waals surface area contributed by atoms with Crippen molar-refractivity contribution in [2.24, 2.45) is 0 Å². The van der Waals surface area contributed by atoms with Crippen molar-refractivity contribution in [2.45, 2.75) is 18.9 Å². The highest BCUT2D eigenvalue weighted by molar-refractivity contribution is 9.10. The number of carbonyl (C=O) groups excluding carboxylic acids is 1. The van der Waals surface area contributed by atoms with Crippen LogP contribution in [0, 0.1) is 0 Å². The number of nitrogens with zero attached hydrogens (tertiary/aromatic N) is 1. The summed E-state index contributed by atoms with van der Waals surface area (Å²) in [4.78, 5) is 14.4. The summed E-state index contributed by atoms with van der Waals surface area (Å²) in [5.41, 5.74) is 1.85. The minimum absolute atomic E-state index is 0.0457. The van der Waals surface area contributed by atoms with Crippen LogP contribution in [0.25, 0.3) is 0 Å². The van der Waals surface area contributed by atoms with Crippen LogP contribution in [-0.2, 0) is 0 Å². The fourth-order valence-electron chi connectivity index (χ4n) is 2.42. The number of likely N-dealkylation sites (tertiary alicyclic amines) is 1. The highest BCUT2D eigenvalue weighted by Gasteiger charge is 2.32. The van der Waals surface area contributed by atoms with Crippen LogP contribution >= 0.6 is 27.3 Å². The molecule has 1 aliphatic heterocycles. The summed E-state index contributed by atoms with van der Waals surface area (Å²) in [5.74, 6) is 0.0457. The molecular formula is C13H12BrNO2S. The van der Waals surface area contributed by atoms with E-state index in [1.54, 1.807) is 17.4 Å². The van der Waals surface area contributed by atoms with Gasteiger partial charge in [0.1, 0.15) is 0 Å². The minimum Gasteiger partial charge on any atom is -0.457 e. The second-order valence-corrected chi connectivity index (χ2v) is 5.82. The number of rotatable bonds is 2. The number of carbonyl (C=O) groups is 1. The van der Waals surface area contributed by atoms with E-state index in [1.165, 1.54) is 11.8 Å². The monoisotopic (exact) mass is 325 g/mol. The average molecular weight is 326 g/mol. The molecule has 0 radical (unpaired) electrons. The van der Waals surface area contributed by atoms with Crippen molar-refractivity contribution in [1.82, 2.24) is 4.90 Å². The Labute approximate surface area is 118 Å². The fourth-order valence-corrected chi connectivity index (χ4v) is 3.54. The average Bonchev–Trinajstić information content (AvgIpc) is 3.09. The lowest BCUT2D eigenvalue weighted by Crippen LogP contribution is -2.30. The van der Waals surface area contributed by atoms with Crippen molar-refractivity contribution < 1.29 is 9.21 Å². The number of amides is 1. The molecule has 0 spiro atoms. The van der Waals surface area contributed by atoms with E-state index in [4.69, 9.17) is 4.42 Å². The van der Waals surface area contributed by atoms with E-state index >= 15 is 0 Å². The molecule has 1 unspecified atom stereocenters. The molecule has 94 valence electrons. The van der Waals surface area contributed by atoms with Crippen LogP contribution in [-0.4, -0.2) is 17.4 Å². The molecule has 1 fully saturated rings. The maximum absolute atomic E-state index is 12.5. The zero-order valence-electron chi connectivity index (χ0n) is 9.64. The Bertz CT molecular complexity index is 549. The van der Waals surface area contributed by atoms with Crippen LogP contribution in [0.5, 0.6) is 0 Å². The van der Waals surface area contributed by atoms with E-state index in [1.807, 2.05) is 4.90 Å². The lowest BCUT2D eigenvalue weighted by Gasteiger charge is -2.23. The number of halogens is 1. The third-order valence-corrected chi connectivity index (χ3v) is 4.61. The molecule has 0 aliphatic carbocycles. The Hall–Kier alpha value is -1.07. The molecule has 18 heavy (non-hydrogen) atoms. The maximum atomic E-state index is 12.5. The van der Waals surface area contributed by atoms with Crippen molar-refractivity contribution in [2.75, 3.05) is 6.54 Å². The van der Waals surface area contributed by atoms with E-state index in [0.717, 1.165) is 19.4 Å². The van der Waals surface area contributed by atoms with Crippen LogP contribution in [0.15, 0.2) is 38.2 Å². The summed E-state index contributed by atoms with van der Waals surface area (Å²) in [6.07, 6.45) is 3.63. The lowest BCUT2D eigenvalue weighted by atomic mass is 10.1. The van der Waals surface area contributed by atoms with Gasteiger partial charge in [-0.15, -0.1) is 0 Å². The molecule has 3 heterocycles. The molecule has 5 heteroatoms. The molecule has 1 saturated heterocycles. The van der Waals surface area contributed by atoms with E-state index in [2.05, 4.69) is 32.8 Å². The molecule has 0 N–H and O–H groups in total. The number of hydrogen-bond donors (Lipinski definition) is 0. The molecule has 0 aromatic carbocycles. The normalized spacial score (nSPS) is 19.4. The van der Waals surface area contributed by atoms with Crippen molar-refractivity contribution >= 4 is 33.2 Å². The first-order valence-electron chi connectivity index (χ1n) is 5.83. The van der Waals surface area contributed by atoms with Crippen molar-refractivity contribution in [3.8, 4) is 0 Å². The van der Waals surface area contributed by atoms with E-state index in [0.29, 0.717) is 10.2 Å². The van der Waals surface area contributed by atoms with E-state index < -0.39 is 0 Å². The number of furan rings is 1. The van der Waals surface area contributed by atoms with Crippen LogP contribution in [0.2, 0.25) is 0 Å². The van der Waals surface area contributed by atoms with Crippen molar-refractivity contribution in [3.63, 3.8) is 0 Å². The summed E-state index contributed by atoms with van der Waals surface area (Å²) in [7, 11) is 0. The highest BCUT2D eigenvalue weighted by atomic mass is 79.9. The molecule has 1 atom stereocenters. The Kier molecular flexibility index (Phi) is 3.26. The first kappa shape index (κ1) is 12.0. The predicted molar refractivity (Wildman–Crippen MR) is 73.7 cm³/mol. The largest absolute Gasteiger partial charge is 0.457 e. The summed E-state index contributed by atoms with van der Waals surface area (Å²) >= 11 is 4.95. The van der Waals surface area contributed by atoms with Gasteiger partial charge in [-0.05, 0) is 57.2 Å². The van der Waals surface area contributed by atoms with Crippen molar-refractivity contribution in [3.05, 3.63) is 45.0 Å². The summed E-state index contributed by atoms with van der Waals surface area (Å²) < 4.78 is 5.66. The molecule has 2 aromatic heterocycles. The van der Waals surface area contributed by atoms with Crippen LogP contribution < -0.4 is 0 Å². The van der Waals surface area contributed by atoms with E-state index in [-0.39, 0.29) is 11.9 Å². The maximum Gasteiger partial charge on any atom is 0.258 e. The second-order valence-electron chi connectivity index (χ2n) is 4.32. The second kappa shape index (κ2) is 4.90. The molecular weight excluding hydrogens is 314 g/mol. The molecule has 0 saturated carbocycles. The molecule has 0 bridgehead atoms. The van der Waals surface area contributed by atoms with Gasteiger partial charge in [0, 0.05) is 6.54 Å². The van der Waals surface area contributed by atoms with Crippen molar-refractivity contribution in [1.29, 1.82) is 0 Å². The molecule has 1 aliphatic rings. The quantitative estimate of drug-likeness (QED) is 0.833. The summed E-state index contributed by atoms with van der Waals surface area (Å²) in [6.45, 7) is 0.816. The first-order chi connectivity index (χ1) is 8.77. The van der Waals surface area contributed by atoms with Gasteiger partial charge in [0.2, 0.25) is 0 Å².